The number of ether oxygens (including phenoxy) is 1. The van der Waals surface area contributed by atoms with Crippen molar-refractivity contribution in [2.45, 2.75) is 31.1 Å². The second-order valence-electron chi connectivity index (χ2n) is 7.05. The first-order valence-electron chi connectivity index (χ1n) is 9.69. The van der Waals surface area contributed by atoms with Crippen LogP contribution in [0.1, 0.15) is 24.8 Å². The van der Waals surface area contributed by atoms with E-state index in [0.29, 0.717) is 35.8 Å². The summed E-state index contributed by atoms with van der Waals surface area (Å²) < 4.78 is 32.8. The Morgan fingerprint density at radius 1 is 1.10 bits per heavy atom. The van der Waals surface area contributed by atoms with Gasteiger partial charge in [0.2, 0.25) is 15.9 Å². The molecule has 0 bridgehead atoms. The van der Waals surface area contributed by atoms with Crippen LogP contribution in [0.2, 0.25) is 0 Å². The molecule has 1 aliphatic heterocycles. The van der Waals surface area contributed by atoms with Gasteiger partial charge in [0.05, 0.1) is 24.2 Å². The Labute approximate surface area is 172 Å². The van der Waals surface area contributed by atoms with Crippen LogP contribution in [-0.4, -0.2) is 45.4 Å². The van der Waals surface area contributed by atoms with Gasteiger partial charge < -0.3 is 15.4 Å². The molecule has 7 nitrogen and oxygen atoms in total. The van der Waals surface area contributed by atoms with Gasteiger partial charge in [-0.3, -0.25) is 4.79 Å². The molecule has 8 heteroatoms. The number of carbonyl (C=O) groups is 1. The summed E-state index contributed by atoms with van der Waals surface area (Å²) in [4.78, 5) is 12.6. The van der Waals surface area contributed by atoms with Crippen molar-refractivity contribution in [3.63, 3.8) is 0 Å². The lowest BCUT2D eigenvalue weighted by atomic mass is 10.2. The Morgan fingerprint density at radius 2 is 1.83 bits per heavy atom. The summed E-state index contributed by atoms with van der Waals surface area (Å²) in [6, 6.07) is 12.3. The van der Waals surface area contributed by atoms with Crippen LogP contribution >= 0.6 is 0 Å². The Bertz CT molecular complexity index is 970. The molecule has 156 valence electrons. The van der Waals surface area contributed by atoms with Crippen LogP contribution in [-0.2, 0) is 14.8 Å². The third kappa shape index (κ3) is 5.07. The number of sulfonamides is 1. The van der Waals surface area contributed by atoms with Crippen molar-refractivity contribution in [2.24, 2.45) is 0 Å². The minimum atomic E-state index is -3.57. The molecule has 2 aromatic carbocycles. The topological polar surface area (TPSA) is 87.7 Å². The van der Waals surface area contributed by atoms with Crippen molar-refractivity contribution < 1.29 is 17.9 Å². The number of methoxy groups -OCH3 is 1. The third-order valence-electron chi connectivity index (χ3n) is 4.95. The first-order chi connectivity index (χ1) is 13.9. The molecule has 1 amide bonds. The monoisotopic (exact) mass is 417 g/mol. The molecule has 0 aromatic heterocycles. The van der Waals surface area contributed by atoms with Crippen LogP contribution in [0.4, 0.5) is 11.4 Å². The molecule has 2 N–H and O–H groups in total. The average Bonchev–Trinajstić information content (AvgIpc) is 2.74. The van der Waals surface area contributed by atoms with Gasteiger partial charge in [0, 0.05) is 18.8 Å². The van der Waals surface area contributed by atoms with Crippen LogP contribution in [0.15, 0.2) is 47.4 Å². The largest absolute Gasteiger partial charge is 0.495 e. The molecule has 0 saturated carbocycles. The van der Waals surface area contributed by atoms with Gasteiger partial charge in [-0.15, -0.1) is 0 Å². The standard InChI is InChI=1S/C21H27N3O4S/c1-16-10-11-17(14-20(16)29(26,27)24-12-6-3-7-13-24)23-21(25)15-22-18-8-4-5-9-19(18)28-2/h4-5,8-11,14,22H,3,6-7,12-13,15H2,1-2H3,(H,23,25). The van der Waals surface area contributed by atoms with E-state index in [4.69, 9.17) is 4.74 Å². The van der Waals surface area contributed by atoms with E-state index < -0.39 is 10.0 Å². The molecule has 2 aromatic rings. The van der Waals surface area contributed by atoms with Gasteiger partial charge in [-0.05, 0) is 49.6 Å². The van der Waals surface area contributed by atoms with Crippen molar-refractivity contribution in [2.75, 3.05) is 37.4 Å². The average molecular weight is 418 g/mol. The lowest BCUT2D eigenvalue weighted by molar-refractivity contribution is -0.114. The number of para-hydroxylation sites is 2. The first-order valence-corrected chi connectivity index (χ1v) is 11.1. The molecule has 1 fully saturated rings. The van der Waals surface area contributed by atoms with Gasteiger partial charge in [0.25, 0.3) is 0 Å². The van der Waals surface area contributed by atoms with E-state index in [0.717, 1.165) is 19.3 Å². The van der Waals surface area contributed by atoms with E-state index in [1.165, 1.54) is 4.31 Å². The summed E-state index contributed by atoms with van der Waals surface area (Å²) in [5.41, 5.74) is 1.83. The lowest BCUT2D eigenvalue weighted by Gasteiger charge is -2.26. The first kappa shape index (κ1) is 21.1. The zero-order valence-electron chi connectivity index (χ0n) is 16.8. The predicted molar refractivity (Wildman–Crippen MR) is 114 cm³/mol. The van der Waals surface area contributed by atoms with Gasteiger partial charge in [0.15, 0.2) is 0 Å². The van der Waals surface area contributed by atoms with Crippen LogP contribution in [0.25, 0.3) is 0 Å². The van der Waals surface area contributed by atoms with Crippen LogP contribution in [0, 0.1) is 6.92 Å². The lowest BCUT2D eigenvalue weighted by Crippen LogP contribution is -2.36. The zero-order chi connectivity index (χ0) is 20.9. The summed E-state index contributed by atoms with van der Waals surface area (Å²) >= 11 is 0. The van der Waals surface area contributed by atoms with E-state index in [1.807, 2.05) is 18.2 Å². The predicted octanol–water partition coefficient (Wildman–Crippen LogP) is 3.23. The zero-order valence-corrected chi connectivity index (χ0v) is 17.6. The number of nitrogens with zero attached hydrogens (tertiary/aromatic N) is 1. The smallest absolute Gasteiger partial charge is 0.243 e. The van der Waals surface area contributed by atoms with Crippen LogP contribution in [0.3, 0.4) is 0 Å². The number of hydrogen-bond donors (Lipinski definition) is 2. The number of carbonyl (C=O) groups excluding carboxylic acids is 1. The number of rotatable bonds is 7. The fourth-order valence-corrected chi connectivity index (χ4v) is 5.14. The maximum Gasteiger partial charge on any atom is 0.243 e. The fourth-order valence-electron chi connectivity index (χ4n) is 3.37. The Hall–Kier alpha value is -2.58. The number of aryl methyl sites for hydroxylation is 1. The molecule has 0 spiro atoms. The van der Waals surface area contributed by atoms with Crippen molar-refractivity contribution >= 4 is 27.3 Å². The maximum absolute atomic E-state index is 13.0. The van der Waals surface area contributed by atoms with Crippen LogP contribution < -0.4 is 15.4 Å². The molecule has 0 radical (unpaired) electrons. The molecule has 0 atom stereocenters. The van der Waals surface area contributed by atoms with Crippen molar-refractivity contribution in [3.8, 4) is 5.75 Å². The summed E-state index contributed by atoms with van der Waals surface area (Å²) in [6.07, 6.45) is 2.81. The summed E-state index contributed by atoms with van der Waals surface area (Å²) in [5.74, 6) is 0.367. The maximum atomic E-state index is 13.0. The van der Waals surface area contributed by atoms with Gasteiger partial charge in [-0.25, -0.2) is 8.42 Å². The molecule has 1 heterocycles. The number of piperidine rings is 1. The highest BCUT2D eigenvalue weighted by atomic mass is 32.2. The van der Waals surface area contributed by atoms with E-state index >= 15 is 0 Å². The summed E-state index contributed by atoms with van der Waals surface area (Å²) in [5, 5.41) is 5.80. The molecule has 0 aliphatic carbocycles. The van der Waals surface area contributed by atoms with Crippen molar-refractivity contribution in [1.29, 1.82) is 0 Å². The highest BCUT2D eigenvalue weighted by Gasteiger charge is 2.27. The molecular formula is C21H27N3O4S. The van der Waals surface area contributed by atoms with Crippen LogP contribution in [0.5, 0.6) is 5.75 Å². The second kappa shape index (κ2) is 9.28. The number of anilines is 2. The molecule has 1 saturated heterocycles. The minimum absolute atomic E-state index is 0.0302. The molecule has 3 rings (SSSR count). The van der Waals surface area contributed by atoms with Gasteiger partial charge in [-0.2, -0.15) is 4.31 Å². The molecule has 29 heavy (non-hydrogen) atoms. The number of amides is 1. The van der Waals surface area contributed by atoms with Crippen molar-refractivity contribution in [1.82, 2.24) is 4.31 Å². The summed E-state index contributed by atoms with van der Waals surface area (Å²) in [7, 11) is -2.00. The Morgan fingerprint density at radius 3 is 2.55 bits per heavy atom. The number of nitrogens with one attached hydrogen (secondary N) is 2. The fraction of sp³-hybridized carbons (Fsp3) is 0.381. The van der Waals surface area contributed by atoms with Crippen molar-refractivity contribution in [3.05, 3.63) is 48.0 Å². The third-order valence-corrected chi connectivity index (χ3v) is 6.99. The Kier molecular flexibility index (Phi) is 6.76. The van der Waals surface area contributed by atoms with E-state index in [-0.39, 0.29) is 17.3 Å². The van der Waals surface area contributed by atoms with E-state index in [9.17, 15) is 13.2 Å². The molecular weight excluding hydrogens is 390 g/mol. The molecule has 0 unspecified atom stereocenters. The van der Waals surface area contributed by atoms with Gasteiger partial charge in [-0.1, -0.05) is 24.6 Å². The van der Waals surface area contributed by atoms with E-state index in [1.54, 1.807) is 38.3 Å². The second-order valence-corrected chi connectivity index (χ2v) is 8.95. The SMILES string of the molecule is COc1ccccc1NCC(=O)Nc1ccc(C)c(S(=O)(=O)N2CCCCC2)c1. The Balaban J connectivity index is 1.70. The summed E-state index contributed by atoms with van der Waals surface area (Å²) in [6.45, 7) is 2.89. The van der Waals surface area contributed by atoms with Gasteiger partial charge >= 0.3 is 0 Å². The quantitative estimate of drug-likeness (QED) is 0.722. The minimum Gasteiger partial charge on any atom is -0.495 e. The molecule has 1 aliphatic rings. The number of hydrogen-bond acceptors (Lipinski definition) is 5. The number of benzene rings is 2. The highest BCUT2D eigenvalue weighted by molar-refractivity contribution is 7.89. The van der Waals surface area contributed by atoms with Gasteiger partial charge in [0.1, 0.15) is 5.75 Å². The highest BCUT2D eigenvalue weighted by Crippen LogP contribution is 2.26. The normalized spacial score (nSPS) is 15.0. The van der Waals surface area contributed by atoms with E-state index in [2.05, 4.69) is 10.6 Å².